The molecule has 2 unspecified atom stereocenters. The second-order valence-electron chi connectivity index (χ2n) is 4.11. The van der Waals surface area contributed by atoms with Gasteiger partial charge in [0.2, 0.25) is 0 Å². The zero-order valence-electron chi connectivity index (χ0n) is 9.36. The van der Waals surface area contributed by atoms with Crippen molar-refractivity contribution in [3.05, 3.63) is 24.0 Å². The van der Waals surface area contributed by atoms with Crippen molar-refractivity contribution in [3.8, 4) is 0 Å². The van der Waals surface area contributed by atoms with Gasteiger partial charge in [0.1, 0.15) is 0 Å². The van der Waals surface area contributed by atoms with Gasteiger partial charge in [-0.05, 0) is 24.6 Å². The fourth-order valence-electron chi connectivity index (χ4n) is 1.76. The molecule has 1 rings (SSSR count). The Morgan fingerprint density at radius 2 is 2.07 bits per heavy atom. The Morgan fingerprint density at radius 1 is 1.43 bits per heavy atom. The molecule has 0 aliphatic rings. The summed E-state index contributed by atoms with van der Waals surface area (Å²) in [6, 6.07) is 2.06. The van der Waals surface area contributed by atoms with Crippen LogP contribution in [0.4, 0.5) is 0 Å². The second-order valence-corrected chi connectivity index (χ2v) is 4.11. The number of hydrogen-bond donors (Lipinski definition) is 2. The molecule has 3 nitrogen and oxygen atoms in total. The summed E-state index contributed by atoms with van der Waals surface area (Å²) in [5.74, 6) is 0.412. The van der Waals surface area contributed by atoms with E-state index >= 15 is 0 Å². The van der Waals surface area contributed by atoms with Gasteiger partial charge < -0.3 is 15.0 Å². The average Bonchev–Trinajstić information content (AvgIpc) is 2.52. The van der Waals surface area contributed by atoms with E-state index in [2.05, 4.69) is 19.2 Å². The largest absolute Gasteiger partial charge is 0.387 e. The number of aryl methyl sites for hydroxylation is 1. The third-order valence-electron chi connectivity index (χ3n) is 2.59. The predicted molar refractivity (Wildman–Crippen MR) is 58.1 cm³/mol. The summed E-state index contributed by atoms with van der Waals surface area (Å²) in [6.07, 6.45) is 3.48. The highest BCUT2D eigenvalue weighted by Gasteiger charge is 2.22. The Hall–Kier alpha value is -0.800. The zero-order chi connectivity index (χ0) is 10.7. The summed E-state index contributed by atoms with van der Waals surface area (Å²) in [4.78, 5) is 0. The normalized spacial score (nSPS) is 15.9. The lowest BCUT2D eigenvalue weighted by atomic mass is 9.95. The fourth-order valence-corrected chi connectivity index (χ4v) is 1.76. The van der Waals surface area contributed by atoms with Gasteiger partial charge in [0.25, 0.3) is 0 Å². The lowest BCUT2D eigenvalue weighted by molar-refractivity contribution is 0.110. The average molecular weight is 196 g/mol. The van der Waals surface area contributed by atoms with Gasteiger partial charge in [-0.2, -0.15) is 0 Å². The number of aromatic nitrogens is 1. The number of aliphatic hydroxyl groups is 1. The van der Waals surface area contributed by atoms with Crippen LogP contribution in [0.25, 0.3) is 0 Å². The van der Waals surface area contributed by atoms with Gasteiger partial charge in [-0.3, -0.25) is 0 Å². The molecule has 0 bridgehead atoms. The van der Waals surface area contributed by atoms with Crippen molar-refractivity contribution < 1.29 is 5.11 Å². The molecule has 2 atom stereocenters. The third-order valence-corrected chi connectivity index (χ3v) is 2.59. The molecule has 1 aromatic heterocycles. The van der Waals surface area contributed by atoms with E-state index in [9.17, 15) is 5.11 Å². The van der Waals surface area contributed by atoms with E-state index < -0.39 is 6.10 Å². The van der Waals surface area contributed by atoms with E-state index in [1.54, 1.807) is 0 Å². The van der Waals surface area contributed by atoms with E-state index in [0.29, 0.717) is 5.92 Å². The Morgan fingerprint density at radius 3 is 2.43 bits per heavy atom. The van der Waals surface area contributed by atoms with Crippen molar-refractivity contribution in [2.75, 3.05) is 7.05 Å². The molecule has 0 spiro atoms. The Balaban J connectivity index is 2.77. The van der Waals surface area contributed by atoms with E-state index in [1.807, 2.05) is 37.1 Å². The van der Waals surface area contributed by atoms with Crippen LogP contribution in [0.2, 0.25) is 0 Å². The molecule has 80 valence electrons. The SMILES string of the molecule is CNC(C(C)C)C(O)c1ccn(C)c1. The first-order valence-electron chi connectivity index (χ1n) is 5.03. The van der Waals surface area contributed by atoms with Crippen LogP contribution in [0, 0.1) is 5.92 Å². The van der Waals surface area contributed by atoms with Crippen LogP contribution in [0.3, 0.4) is 0 Å². The third kappa shape index (κ3) is 2.36. The van der Waals surface area contributed by atoms with Gasteiger partial charge in [0.05, 0.1) is 6.10 Å². The van der Waals surface area contributed by atoms with Crippen molar-refractivity contribution in [1.29, 1.82) is 0 Å². The van der Waals surface area contributed by atoms with Crippen LogP contribution in [-0.4, -0.2) is 22.8 Å². The molecule has 1 aromatic rings. The number of hydrogen-bond acceptors (Lipinski definition) is 2. The summed E-state index contributed by atoms with van der Waals surface area (Å²) in [6.45, 7) is 4.21. The van der Waals surface area contributed by atoms with Gasteiger partial charge in [0.15, 0.2) is 0 Å². The Labute approximate surface area is 85.7 Å². The molecule has 0 amide bonds. The number of nitrogens with zero attached hydrogens (tertiary/aromatic N) is 1. The molecular weight excluding hydrogens is 176 g/mol. The van der Waals surface area contributed by atoms with Gasteiger partial charge in [-0.15, -0.1) is 0 Å². The maximum Gasteiger partial charge on any atom is 0.0959 e. The monoisotopic (exact) mass is 196 g/mol. The van der Waals surface area contributed by atoms with E-state index in [-0.39, 0.29) is 6.04 Å². The van der Waals surface area contributed by atoms with Crippen LogP contribution in [-0.2, 0) is 7.05 Å². The molecule has 0 aliphatic carbocycles. The van der Waals surface area contributed by atoms with Crippen molar-refractivity contribution in [1.82, 2.24) is 9.88 Å². The van der Waals surface area contributed by atoms with Gasteiger partial charge >= 0.3 is 0 Å². The number of rotatable bonds is 4. The molecule has 2 N–H and O–H groups in total. The first-order chi connectivity index (χ1) is 6.56. The van der Waals surface area contributed by atoms with Crippen LogP contribution in [0.15, 0.2) is 18.5 Å². The molecule has 0 aromatic carbocycles. The molecule has 0 radical (unpaired) electrons. The summed E-state index contributed by atoms with van der Waals surface area (Å²) in [7, 11) is 3.84. The second kappa shape index (κ2) is 4.62. The number of likely N-dealkylation sites (N-methyl/N-ethyl adjacent to an activating group) is 1. The van der Waals surface area contributed by atoms with Crippen molar-refractivity contribution in [3.63, 3.8) is 0 Å². The van der Waals surface area contributed by atoms with Gasteiger partial charge in [-0.25, -0.2) is 0 Å². The standard InChI is InChI=1S/C11H20N2O/c1-8(2)10(12-3)11(14)9-5-6-13(4)7-9/h5-8,10-12,14H,1-4H3. The van der Waals surface area contributed by atoms with E-state index in [0.717, 1.165) is 5.56 Å². The summed E-state index contributed by atoms with van der Waals surface area (Å²) in [5, 5.41) is 13.2. The van der Waals surface area contributed by atoms with E-state index in [1.165, 1.54) is 0 Å². The highest BCUT2D eigenvalue weighted by atomic mass is 16.3. The lowest BCUT2D eigenvalue weighted by Gasteiger charge is -2.25. The zero-order valence-corrected chi connectivity index (χ0v) is 9.36. The molecule has 0 saturated carbocycles. The Kier molecular flexibility index (Phi) is 3.72. The molecule has 1 heterocycles. The highest BCUT2D eigenvalue weighted by Crippen LogP contribution is 2.21. The smallest absolute Gasteiger partial charge is 0.0959 e. The molecule has 0 aliphatic heterocycles. The minimum Gasteiger partial charge on any atom is -0.387 e. The maximum atomic E-state index is 10.1. The highest BCUT2D eigenvalue weighted by molar-refractivity contribution is 5.15. The number of nitrogens with one attached hydrogen (secondary N) is 1. The van der Waals surface area contributed by atoms with Crippen molar-refractivity contribution >= 4 is 0 Å². The van der Waals surface area contributed by atoms with Crippen LogP contribution >= 0.6 is 0 Å². The minimum absolute atomic E-state index is 0.109. The Bertz CT molecular complexity index is 281. The first-order valence-corrected chi connectivity index (χ1v) is 5.03. The fraction of sp³-hybridized carbons (Fsp3) is 0.636. The predicted octanol–water partition coefficient (Wildman–Crippen LogP) is 1.30. The minimum atomic E-state index is -0.429. The maximum absolute atomic E-state index is 10.1. The van der Waals surface area contributed by atoms with Crippen molar-refractivity contribution in [2.24, 2.45) is 13.0 Å². The summed E-state index contributed by atoms with van der Waals surface area (Å²) >= 11 is 0. The summed E-state index contributed by atoms with van der Waals surface area (Å²) < 4.78 is 1.95. The van der Waals surface area contributed by atoms with Crippen LogP contribution in [0.1, 0.15) is 25.5 Å². The van der Waals surface area contributed by atoms with Crippen LogP contribution in [0.5, 0.6) is 0 Å². The van der Waals surface area contributed by atoms with Gasteiger partial charge in [-0.1, -0.05) is 13.8 Å². The van der Waals surface area contributed by atoms with E-state index in [4.69, 9.17) is 0 Å². The molecule has 0 fully saturated rings. The molecular formula is C11H20N2O. The first kappa shape index (κ1) is 11.3. The lowest BCUT2D eigenvalue weighted by Crippen LogP contribution is -2.36. The topological polar surface area (TPSA) is 37.2 Å². The molecule has 0 saturated heterocycles. The quantitative estimate of drug-likeness (QED) is 0.761. The van der Waals surface area contributed by atoms with Crippen LogP contribution < -0.4 is 5.32 Å². The van der Waals surface area contributed by atoms with Gasteiger partial charge in [0, 0.05) is 25.5 Å². The van der Waals surface area contributed by atoms with Crippen molar-refractivity contribution in [2.45, 2.75) is 26.0 Å². The number of aliphatic hydroxyl groups excluding tert-OH is 1. The molecule has 3 heteroatoms. The summed E-state index contributed by atoms with van der Waals surface area (Å²) in [5.41, 5.74) is 0.973. The molecule has 14 heavy (non-hydrogen) atoms.